The van der Waals surface area contributed by atoms with Gasteiger partial charge in [-0.05, 0) is 12.1 Å². The first kappa shape index (κ1) is 10.1. The lowest BCUT2D eigenvalue weighted by Crippen LogP contribution is -2.20. The van der Waals surface area contributed by atoms with Crippen molar-refractivity contribution < 1.29 is 13.2 Å². The number of hydrogen-bond acceptors (Lipinski definition) is 3. The van der Waals surface area contributed by atoms with E-state index in [9.17, 15) is 8.78 Å². The highest BCUT2D eigenvalue weighted by Crippen LogP contribution is 2.06. The third-order valence-electron chi connectivity index (χ3n) is 1.52. The van der Waals surface area contributed by atoms with Gasteiger partial charge in [0.1, 0.15) is 11.5 Å². The minimum absolute atomic E-state index is 0.310. The lowest BCUT2D eigenvalue weighted by molar-refractivity contribution is 0.144. The third-order valence-corrected chi connectivity index (χ3v) is 1.52. The standard InChI is InChI=1S/C8H12F2N2O/c9-8(10)5-12-4-7-2-1-6(3-11)13-7/h1-2,8,12H,3-5,11H2. The van der Waals surface area contributed by atoms with E-state index in [1.807, 2.05) is 0 Å². The van der Waals surface area contributed by atoms with Gasteiger partial charge in [0.05, 0.1) is 19.6 Å². The van der Waals surface area contributed by atoms with E-state index in [1.54, 1.807) is 12.1 Å². The SMILES string of the molecule is NCc1ccc(CNCC(F)F)o1. The summed E-state index contributed by atoms with van der Waals surface area (Å²) >= 11 is 0. The number of furan rings is 1. The van der Waals surface area contributed by atoms with Crippen molar-refractivity contribution in [2.24, 2.45) is 5.73 Å². The lowest BCUT2D eigenvalue weighted by atomic mass is 10.4. The van der Waals surface area contributed by atoms with Gasteiger partial charge in [-0.15, -0.1) is 0 Å². The molecule has 0 aliphatic carbocycles. The van der Waals surface area contributed by atoms with Crippen molar-refractivity contribution in [3.8, 4) is 0 Å². The van der Waals surface area contributed by atoms with E-state index < -0.39 is 6.43 Å². The Morgan fingerprint density at radius 1 is 1.38 bits per heavy atom. The Kier molecular flexibility index (Phi) is 3.85. The molecule has 0 aromatic carbocycles. The van der Waals surface area contributed by atoms with Crippen molar-refractivity contribution in [1.82, 2.24) is 5.32 Å². The largest absolute Gasteiger partial charge is 0.463 e. The van der Waals surface area contributed by atoms with Gasteiger partial charge in [0.2, 0.25) is 0 Å². The van der Waals surface area contributed by atoms with E-state index in [-0.39, 0.29) is 6.54 Å². The molecular weight excluding hydrogens is 178 g/mol. The number of rotatable bonds is 5. The van der Waals surface area contributed by atoms with Gasteiger partial charge in [0.25, 0.3) is 6.43 Å². The van der Waals surface area contributed by atoms with Gasteiger partial charge in [0.15, 0.2) is 0 Å². The van der Waals surface area contributed by atoms with Crippen LogP contribution in [0.1, 0.15) is 11.5 Å². The van der Waals surface area contributed by atoms with Gasteiger partial charge in [-0.1, -0.05) is 0 Å². The van der Waals surface area contributed by atoms with Crippen molar-refractivity contribution in [2.75, 3.05) is 6.54 Å². The van der Waals surface area contributed by atoms with E-state index in [1.165, 1.54) is 0 Å². The van der Waals surface area contributed by atoms with Crippen LogP contribution in [0.5, 0.6) is 0 Å². The van der Waals surface area contributed by atoms with Gasteiger partial charge in [-0.2, -0.15) is 0 Å². The molecule has 0 spiro atoms. The van der Waals surface area contributed by atoms with Crippen molar-refractivity contribution in [3.05, 3.63) is 23.7 Å². The molecule has 5 heteroatoms. The summed E-state index contributed by atoms with van der Waals surface area (Å²) in [5, 5.41) is 2.55. The molecule has 1 aromatic heterocycles. The van der Waals surface area contributed by atoms with E-state index in [0.717, 1.165) is 0 Å². The second-order valence-corrected chi connectivity index (χ2v) is 2.59. The minimum Gasteiger partial charge on any atom is -0.463 e. The van der Waals surface area contributed by atoms with Gasteiger partial charge in [-0.25, -0.2) is 8.78 Å². The monoisotopic (exact) mass is 190 g/mol. The lowest BCUT2D eigenvalue weighted by Gasteiger charge is -2.00. The number of halogens is 2. The van der Waals surface area contributed by atoms with Crippen LogP contribution in [0, 0.1) is 0 Å². The highest BCUT2D eigenvalue weighted by molar-refractivity contribution is 5.06. The van der Waals surface area contributed by atoms with Crippen LogP contribution >= 0.6 is 0 Å². The summed E-state index contributed by atoms with van der Waals surface area (Å²) in [5.74, 6) is 1.29. The fourth-order valence-corrected chi connectivity index (χ4v) is 0.932. The van der Waals surface area contributed by atoms with Crippen LogP contribution in [0.2, 0.25) is 0 Å². The minimum atomic E-state index is -2.33. The number of nitrogens with one attached hydrogen (secondary N) is 1. The maximum atomic E-state index is 11.7. The van der Waals surface area contributed by atoms with Crippen LogP contribution < -0.4 is 11.1 Å². The Bertz CT molecular complexity index is 250. The summed E-state index contributed by atoms with van der Waals surface area (Å²) in [6.45, 7) is 0.317. The maximum absolute atomic E-state index is 11.7. The second kappa shape index (κ2) is 4.94. The molecule has 0 saturated carbocycles. The topological polar surface area (TPSA) is 51.2 Å². The van der Waals surface area contributed by atoms with Crippen LogP contribution in [0.15, 0.2) is 16.5 Å². The maximum Gasteiger partial charge on any atom is 0.250 e. The molecule has 0 atom stereocenters. The molecule has 1 aromatic rings. The number of hydrogen-bond donors (Lipinski definition) is 2. The summed E-state index contributed by atoms with van der Waals surface area (Å²) < 4.78 is 28.6. The molecule has 0 amide bonds. The van der Waals surface area contributed by atoms with Crippen molar-refractivity contribution >= 4 is 0 Å². The van der Waals surface area contributed by atoms with Crippen LogP contribution in [-0.2, 0) is 13.1 Å². The summed E-state index contributed by atoms with van der Waals surface area (Å²) in [7, 11) is 0. The van der Waals surface area contributed by atoms with Crippen LogP contribution in [0.25, 0.3) is 0 Å². The third kappa shape index (κ3) is 3.52. The molecule has 74 valence electrons. The van der Waals surface area contributed by atoms with E-state index >= 15 is 0 Å². The first-order valence-electron chi connectivity index (χ1n) is 3.99. The molecule has 1 heterocycles. The molecular formula is C8H12F2N2O. The predicted molar refractivity (Wildman–Crippen MR) is 44.3 cm³/mol. The fourth-order valence-electron chi connectivity index (χ4n) is 0.932. The number of alkyl halides is 2. The predicted octanol–water partition coefficient (Wildman–Crippen LogP) is 1.09. The highest BCUT2D eigenvalue weighted by atomic mass is 19.3. The van der Waals surface area contributed by atoms with Gasteiger partial charge in [0, 0.05) is 0 Å². The summed E-state index contributed by atoms with van der Waals surface area (Å²) in [6.07, 6.45) is -2.33. The van der Waals surface area contributed by atoms with Crippen molar-refractivity contribution in [3.63, 3.8) is 0 Å². The molecule has 1 rings (SSSR count). The zero-order valence-corrected chi connectivity index (χ0v) is 7.09. The van der Waals surface area contributed by atoms with Crippen LogP contribution in [0.3, 0.4) is 0 Å². The zero-order valence-electron chi connectivity index (χ0n) is 7.09. The Morgan fingerprint density at radius 3 is 2.62 bits per heavy atom. The van der Waals surface area contributed by atoms with Crippen LogP contribution in [0.4, 0.5) is 8.78 Å². The Balaban J connectivity index is 2.28. The first-order chi connectivity index (χ1) is 6.22. The molecule has 0 bridgehead atoms. The highest BCUT2D eigenvalue weighted by Gasteiger charge is 2.03. The zero-order chi connectivity index (χ0) is 9.68. The Labute approximate surface area is 74.9 Å². The number of nitrogens with two attached hydrogens (primary N) is 1. The normalized spacial score (nSPS) is 11.1. The smallest absolute Gasteiger partial charge is 0.250 e. The molecule has 0 saturated heterocycles. The molecule has 0 radical (unpaired) electrons. The summed E-state index contributed by atoms with van der Waals surface area (Å²) in [4.78, 5) is 0. The van der Waals surface area contributed by atoms with E-state index in [4.69, 9.17) is 10.2 Å². The second-order valence-electron chi connectivity index (χ2n) is 2.59. The van der Waals surface area contributed by atoms with Gasteiger partial charge >= 0.3 is 0 Å². The van der Waals surface area contributed by atoms with Crippen molar-refractivity contribution in [1.29, 1.82) is 0 Å². The molecule has 0 aliphatic rings. The molecule has 0 unspecified atom stereocenters. The van der Waals surface area contributed by atoms with Gasteiger partial charge in [-0.3, -0.25) is 0 Å². The fraction of sp³-hybridized carbons (Fsp3) is 0.500. The van der Waals surface area contributed by atoms with E-state index in [2.05, 4.69) is 5.32 Å². The van der Waals surface area contributed by atoms with Gasteiger partial charge < -0.3 is 15.5 Å². The summed E-state index contributed by atoms with van der Waals surface area (Å²) in [5.41, 5.74) is 5.31. The van der Waals surface area contributed by atoms with Crippen LogP contribution in [-0.4, -0.2) is 13.0 Å². The Hall–Kier alpha value is -0.940. The molecule has 3 nitrogen and oxygen atoms in total. The average molecular weight is 190 g/mol. The molecule has 13 heavy (non-hydrogen) atoms. The average Bonchev–Trinajstić information content (AvgIpc) is 2.52. The van der Waals surface area contributed by atoms with Crippen molar-refractivity contribution in [2.45, 2.75) is 19.5 Å². The Morgan fingerprint density at radius 2 is 2.08 bits per heavy atom. The quantitative estimate of drug-likeness (QED) is 0.730. The molecule has 0 fully saturated rings. The molecule has 3 N–H and O–H groups in total. The summed E-state index contributed by atoms with van der Waals surface area (Å²) in [6, 6.07) is 3.46. The molecule has 0 aliphatic heterocycles. The van der Waals surface area contributed by atoms with E-state index in [0.29, 0.717) is 24.6 Å². The first-order valence-corrected chi connectivity index (χ1v) is 3.99.